The van der Waals surface area contributed by atoms with Crippen LogP contribution >= 0.6 is 0 Å². The van der Waals surface area contributed by atoms with E-state index in [2.05, 4.69) is 4.74 Å². The molecule has 0 amide bonds. The third-order valence-corrected chi connectivity index (χ3v) is 1.51. The van der Waals surface area contributed by atoms with Gasteiger partial charge in [0.1, 0.15) is 11.8 Å². The molecule has 0 rings (SSSR count). The summed E-state index contributed by atoms with van der Waals surface area (Å²) in [6.07, 6.45) is 2.12. The molecule has 0 spiro atoms. The van der Waals surface area contributed by atoms with Gasteiger partial charge in [-0.05, 0) is 6.42 Å². The minimum atomic E-state index is -0.611. The maximum Gasteiger partial charge on any atom is 0.344 e. The molecule has 4 heteroatoms. The predicted octanol–water partition coefficient (Wildman–Crippen LogP) is 1.45. The molecule has 0 bridgehead atoms. The zero-order valence-electron chi connectivity index (χ0n) is 8.83. The van der Waals surface area contributed by atoms with E-state index < -0.39 is 5.97 Å². The highest BCUT2D eigenvalue weighted by Gasteiger charge is 2.18. The largest absolute Gasteiger partial charge is 0.503 e. The normalized spacial score (nSPS) is 10.9. The average molecular weight is 200 g/mol. The summed E-state index contributed by atoms with van der Waals surface area (Å²) in [7, 11) is 1.38. The number of esters is 1. The minimum absolute atomic E-state index is 0.0246. The molecular formula is C10H16O4. The standard InChI is InChI=1S/C10H16O4/c1-4-6-14-10(12)8(7-13-3)9(11)5-2/h7H,4-6H2,1-3H3. The van der Waals surface area contributed by atoms with Crippen LogP contribution in [0.3, 0.4) is 0 Å². The van der Waals surface area contributed by atoms with Gasteiger partial charge in [-0.15, -0.1) is 0 Å². The number of rotatable bonds is 6. The Morgan fingerprint density at radius 1 is 1.29 bits per heavy atom. The van der Waals surface area contributed by atoms with Crippen LogP contribution in [0.15, 0.2) is 11.8 Å². The lowest BCUT2D eigenvalue weighted by Crippen LogP contribution is -2.16. The Labute approximate surface area is 83.9 Å². The first-order valence-corrected chi connectivity index (χ1v) is 4.60. The van der Waals surface area contributed by atoms with Crippen LogP contribution in [-0.2, 0) is 19.1 Å². The molecule has 0 unspecified atom stereocenters. The van der Waals surface area contributed by atoms with Crippen molar-refractivity contribution < 1.29 is 19.1 Å². The maximum atomic E-state index is 11.3. The average Bonchev–Trinajstić information content (AvgIpc) is 2.21. The summed E-state index contributed by atoms with van der Waals surface area (Å²) in [5, 5.41) is 0. The Morgan fingerprint density at radius 3 is 2.36 bits per heavy atom. The summed E-state index contributed by atoms with van der Waals surface area (Å²) in [5.41, 5.74) is -0.0246. The molecule has 0 heterocycles. The van der Waals surface area contributed by atoms with Crippen molar-refractivity contribution >= 4 is 11.8 Å². The summed E-state index contributed by atoms with van der Waals surface area (Å²) in [6.45, 7) is 3.88. The minimum Gasteiger partial charge on any atom is -0.503 e. The van der Waals surface area contributed by atoms with Crippen molar-refractivity contribution in [3.05, 3.63) is 11.8 Å². The van der Waals surface area contributed by atoms with E-state index in [4.69, 9.17) is 4.74 Å². The lowest BCUT2D eigenvalue weighted by atomic mass is 10.1. The lowest BCUT2D eigenvalue weighted by Gasteiger charge is -2.04. The third kappa shape index (κ3) is 4.07. The zero-order chi connectivity index (χ0) is 11.0. The zero-order valence-corrected chi connectivity index (χ0v) is 8.83. The summed E-state index contributed by atoms with van der Waals surface area (Å²) in [5.74, 6) is -0.881. The number of hydrogen-bond acceptors (Lipinski definition) is 4. The van der Waals surface area contributed by atoms with Crippen LogP contribution in [0.2, 0.25) is 0 Å². The van der Waals surface area contributed by atoms with Crippen LogP contribution in [-0.4, -0.2) is 25.5 Å². The van der Waals surface area contributed by atoms with E-state index in [1.807, 2.05) is 6.92 Å². The van der Waals surface area contributed by atoms with Gasteiger partial charge in [0.25, 0.3) is 0 Å². The first-order chi connectivity index (χ1) is 6.67. The van der Waals surface area contributed by atoms with E-state index in [0.29, 0.717) is 6.61 Å². The fourth-order valence-electron chi connectivity index (χ4n) is 0.808. The topological polar surface area (TPSA) is 52.6 Å². The second-order valence-corrected chi connectivity index (χ2v) is 2.68. The summed E-state index contributed by atoms with van der Waals surface area (Å²) in [6, 6.07) is 0. The van der Waals surface area contributed by atoms with Crippen molar-refractivity contribution in [3.63, 3.8) is 0 Å². The Kier molecular flexibility index (Phi) is 6.45. The molecule has 0 aromatic rings. The molecule has 0 fully saturated rings. The SMILES string of the molecule is CCCOC(=O)C(=COC)C(=O)CC. The second kappa shape index (κ2) is 7.12. The Bertz CT molecular complexity index is 230. The van der Waals surface area contributed by atoms with E-state index in [9.17, 15) is 9.59 Å². The number of ether oxygens (including phenoxy) is 2. The number of ketones is 1. The van der Waals surface area contributed by atoms with Gasteiger partial charge in [0.05, 0.1) is 13.7 Å². The molecule has 0 aliphatic heterocycles. The molecule has 4 nitrogen and oxygen atoms in total. The van der Waals surface area contributed by atoms with Crippen molar-refractivity contribution in [2.24, 2.45) is 0 Å². The molecule has 0 aliphatic carbocycles. The van der Waals surface area contributed by atoms with Crippen LogP contribution in [0.5, 0.6) is 0 Å². The van der Waals surface area contributed by atoms with Crippen LogP contribution in [0.4, 0.5) is 0 Å². The van der Waals surface area contributed by atoms with Crippen molar-refractivity contribution in [2.45, 2.75) is 26.7 Å². The van der Waals surface area contributed by atoms with Gasteiger partial charge in [-0.1, -0.05) is 13.8 Å². The molecule has 14 heavy (non-hydrogen) atoms. The van der Waals surface area contributed by atoms with Gasteiger partial charge < -0.3 is 9.47 Å². The van der Waals surface area contributed by atoms with Crippen molar-refractivity contribution in [1.29, 1.82) is 0 Å². The molecule has 0 aromatic heterocycles. The van der Waals surface area contributed by atoms with Gasteiger partial charge >= 0.3 is 5.97 Å². The Balaban J connectivity index is 4.42. The van der Waals surface area contributed by atoms with E-state index in [-0.39, 0.29) is 17.8 Å². The molecule has 0 aliphatic rings. The van der Waals surface area contributed by atoms with Gasteiger partial charge in [0, 0.05) is 6.42 Å². The number of methoxy groups -OCH3 is 1. The molecule has 0 atom stereocenters. The van der Waals surface area contributed by atoms with Gasteiger partial charge in [-0.25, -0.2) is 4.79 Å². The summed E-state index contributed by atoms with van der Waals surface area (Å²) < 4.78 is 9.47. The van der Waals surface area contributed by atoms with Gasteiger partial charge in [0.2, 0.25) is 0 Å². The van der Waals surface area contributed by atoms with Crippen molar-refractivity contribution in [2.75, 3.05) is 13.7 Å². The highest BCUT2D eigenvalue weighted by molar-refractivity contribution is 6.16. The number of Topliss-reactive ketones (excluding diaryl/α,β-unsaturated/α-hetero) is 1. The highest BCUT2D eigenvalue weighted by atomic mass is 16.5. The molecule has 0 radical (unpaired) electrons. The summed E-state index contributed by atoms with van der Waals surface area (Å²) >= 11 is 0. The van der Waals surface area contributed by atoms with Gasteiger partial charge in [-0.3, -0.25) is 4.79 Å². The first kappa shape index (κ1) is 12.7. The molecule has 0 N–H and O–H groups in total. The van der Waals surface area contributed by atoms with E-state index in [0.717, 1.165) is 12.7 Å². The molecule has 0 saturated carbocycles. The van der Waals surface area contributed by atoms with E-state index in [1.54, 1.807) is 6.92 Å². The fraction of sp³-hybridized carbons (Fsp3) is 0.600. The lowest BCUT2D eigenvalue weighted by molar-refractivity contribution is -0.140. The van der Waals surface area contributed by atoms with Crippen molar-refractivity contribution in [3.8, 4) is 0 Å². The van der Waals surface area contributed by atoms with Crippen LogP contribution in [0.1, 0.15) is 26.7 Å². The first-order valence-electron chi connectivity index (χ1n) is 4.60. The number of carbonyl (C=O) groups excluding carboxylic acids is 2. The monoisotopic (exact) mass is 200 g/mol. The second-order valence-electron chi connectivity index (χ2n) is 2.68. The fourth-order valence-corrected chi connectivity index (χ4v) is 0.808. The highest BCUT2D eigenvalue weighted by Crippen LogP contribution is 2.03. The molecule has 0 saturated heterocycles. The van der Waals surface area contributed by atoms with Crippen LogP contribution < -0.4 is 0 Å². The van der Waals surface area contributed by atoms with Gasteiger partial charge in [-0.2, -0.15) is 0 Å². The predicted molar refractivity (Wildman–Crippen MR) is 51.6 cm³/mol. The summed E-state index contributed by atoms with van der Waals surface area (Å²) in [4.78, 5) is 22.6. The smallest absolute Gasteiger partial charge is 0.344 e. The van der Waals surface area contributed by atoms with E-state index in [1.165, 1.54) is 7.11 Å². The maximum absolute atomic E-state index is 11.3. The molecular weight excluding hydrogens is 184 g/mol. The number of hydrogen-bond donors (Lipinski definition) is 0. The van der Waals surface area contributed by atoms with Crippen LogP contribution in [0.25, 0.3) is 0 Å². The molecule has 0 aromatic carbocycles. The Morgan fingerprint density at radius 2 is 1.93 bits per heavy atom. The third-order valence-electron chi connectivity index (χ3n) is 1.51. The Hall–Kier alpha value is -1.32. The van der Waals surface area contributed by atoms with Gasteiger partial charge in [0.15, 0.2) is 5.78 Å². The van der Waals surface area contributed by atoms with E-state index >= 15 is 0 Å². The molecule has 80 valence electrons. The van der Waals surface area contributed by atoms with Crippen molar-refractivity contribution in [1.82, 2.24) is 0 Å². The number of carbonyl (C=O) groups is 2. The quantitative estimate of drug-likeness (QED) is 0.214. The van der Waals surface area contributed by atoms with Crippen LogP contribution in [0, 0.1) is 0 Å².